The highest BCUT2D eigenvalue weighted by Crippen LogP contribution is 2.23. The molecular formula is C16H24N2O. The maximum Gasteiger partial charge on any atom is 0.256 e. The van der Waals surface area contributed by atoms with Crippen molar-refractivity contribution in [3.8, 4) is 0 Å². The maximum absolute atomic E-state index is 12.8. The molecule has 1 aromatic rings. The van der Waals surface area contributed by atoms with Crippen LogP contribution in [0.15, 0.2) is 18.2 Å². The summed E-state index contributed by atoms with van der Waals surface area (Å²) in [5, 5.41) is 3.13. The Morgan fingerprint density at radius 3 is 2.84 bits per heavy atom. The highest BCUT2D eigenvalue weighted by atomic mass is 16.2. The zero-order valence-electron chi connectivity index (χ0n) is 12.2. The molecule has 0 aliphatic carbocycles. The first kappa shape index (κ1) is 13.9. The van der Waals surface area contributed by atoms with Gasteiger partial charge in [-0.2, -0.15) is 0 Å². The van der Waals surface area contributed by atoms with E-state index < -0.39 is 0 Å². The predicted octanol–water partition coefficient (Wildman–Crippen LogP) is 3.44. The van der Waals surface area contributed by atoms with Gasteiger partial charge in [0.05, 0.1) is 5.56 Å². The molecule has 0 spiro atoms. The van der Waals surface area contributed by atoms with Crippen molar-refractivity contribution < 1.29 is 4.79 Å². The third kappa shape index (κ3) is 3.09. The summed E-state index contributed by atoms with van der Waals surface area (Å²) in [7, 11) is 1.87. The number of rotatable bonds is 2. The van der Waals surface area contributed by atoms with Crippen LogP contribution in [-0.4, -0.2) is 30.4 Å². The molecule has 1 amide bonds. The summed E-state index contributed by atoms with van der Waals surface area (Å²) in [4.78, 5) is 14.8. The van der Waals surface area contributed by atoms with E-state index in [2.05, 4.69) is 12.2 Å². The molecule has 1 N–H and O–H groups in total. The summed E-state index contributed by atoms with van der Waals surface area (Å²) in [5.74, 6) is 0.169. The number of carbonyl (C=O) groups excluding carboxylic acids is 1. The Labute approximate surface area is 116 Å². The largest absolute Gasteiger partial charge is 0.387 e. The highest BCUT2D eigenvalue weighted by molar-refractivity contribution is 6.00. The van der Waals surface area contributed by atoms with Crippen LogP contribution in [0.25, 0.3) is 0 Å². The lowest BCUT2D eigenvalue weighted by atomic mass is 10.1. The normalized spacial score (nSPS) is 19.9. The van der Waals surface area contributed by atoms with E-state index in [1.54, 1.807) is 0 Å². The second-order valence-electron chi connectivity index (χ2n) is 5.50. The van der Waals surface area contributed by atoms with Crippen LogP contribution < -0.4 is 5.32 Å². The SMILES string of the molecule is CNc1ccc(C)cc1C(=O)N1CCCCCC1C. The van der Waals surface area contributed by atoms with Gasteiger partial charge in [-0.15, -0.1) is 0 Å². The van der Waals surface area contributed by atoms with Gasteiger partial charge >= 0.3 is 0 Å². The molecule has 1 unspecified atom stereocenters. The van der Waals surface area contributed by atoms with Gasteiger partial charge in [0.2, 0.25) is 0 Å². The quantitative estimate of drug-likeness (QED) is 0.883. The molecule has 1 fully saturated rings. The highest BCUT2D eigenvalue weighted by Gasteiger charge is 2.24. The van der Waals surface area contributed by atoms with Crippen molar-refractivity contribution in [2.45, 2.75) is 45.6 Å². The van der Waals surface area contributed by atoms with E-state index in [1.807, 2.05) is 37.1 Å². The number of anilines is 1. The average molecular weight is 260 g/mol. The van der Waals surface area contributed by atoms with Crippen LogP contribution in [0.5, 0.6) is 0 Å². The van der Waals surface area contributed by atoms with Crippen molar-refractivity contribution in [3.63, 3.8) is 0 Å². The lowest BCUT2D eigenvalue weighted by Crippen LogP contribution is -2.38. The van der Waals surface area contributed by atoms with Gasteiger partial charge < -0.3 is 10.2 Å². The molecule has 19 heavy (non-hydrogen) atoms. The van der Waals surface area contributed by atoms with Crippen molar-refractivity contribution in [2.75, 3.05) is 18.9 Å². The number of amides is 1. The fourth-order valence-corrected chi connectivity index (χ4v) is 2.78. The summed E-state index contributed by atoms with van der Waals surface area (Å²) < 4.78 is 0. The lowest BCUT2D eigenvalue weighted by molar-refractivity contribution is 0.0699. The van der Waals surface area contributed by atoms with Gasteiger partial charge in [-0.25, -0.2) is 0 Å². The molecule has 0 saturated carbocycles. The Balaban J connectivity index is 2.29. The average Bonchev–Trinajstić information content (AvgIpc) is 2.62. The minimum absolute atomic E-state index is 0.169. The molecule has 0 bridgehead atoms. The first-order chi connectivity index (χ1) is 9.13. The molecule has 2 rings (SSSR count). The monoisotopic (exact) mass is 260 g/mol. The fraction of sp³-hybridized carbons (Fsp3) is 0.562. The first-order valence-corrected chi connectivity index (χ1v) is 7.23. The zero-order chi connectivity index (χ0) is 13.8. The molecule has 104 valence electrons. The number of nitrogens with zero attached hydrogens (tertiary/aromatic N) is 1. The smallest absolute Gasteiger partial charge is 0.256 e. The number of hydrogen-bond acceptors (Lipinski definition) is 2. The van der Waals surface area contributed by atoms with E-state index in [4.69, 9.17) is 0 Å². The van der Waals surface area contributed by atoms with Gasteiger partial charge in [-0.3, -0.25) is 4.79 Å². The molecule has 1 aliphatic rings. The fourth-order valence-electron chi connectivity index (χ4n) is 2.78. The number of carbonyl (C=O) groups is 1. The molecule has 3 nitrogen and oxygen atoms in total. The van der Waals surface area contributed by atoms with E-state index in [0.29, 0.717) is 6.04 Å². The Morgan fingerprint density at radius 1 is 1.32 bits per heavy atom. The molecule has 1 aliphatic heterocycles. The van der Waals surface area contributed by atoms with Crippen LogP contribution in [0.4, 0.5) is 5.69 Å². The zero-order valence-corrected chi connectivity index (χ0v) is 12.2. The van der Waals surface area contributed by atoms with Crippen molar-refractivity contribution in [1.82, 2.24) is 4.90 Å². The Bertz CT molecular complexity index is 456. The van der Waals surface area contributed by atoms with Crippen molar-refractivity contribution in [2.24, 2.45) is 0 Å². The molecule has 3 heteroatoms. The van der Waals surface area contributed by atoms with Crippen LogP contribution in [0.2, 0.25) is 0 Å². The number of aryl methyl sites for hydroxylation is 1. The van der Waals surface area contributed by atoms with E-state index in [0.717, 1.165) is 36.2 Å². The molecule has 1 saturated heterocycles. The summed E-state index contributed by atoms with van der Waals surface area (Å²) in [6.45, 7) is 5.08. The molecular weight excluding hydrogens is 236 g/mol. The van der Waals surface area contributed by atoms with Crippen LogP contribution in [-0.2, 0) is 0 Å². The first-order valence-electron chi connectivity index (χ1n) is 7.23. The van der Waals surface area contributed by atoms with Gasteiger partial charge in [0.15, 0.2) is 0 Å². The van der Waals surface area contributed by atoms with Crippen molar-refractivity contribution in [1.29, 1.82) is 0 Å². The number of nitrogens with one attached hydrogen (secondary N) is 1. The van der Waals surface area contributed by atoms with Gasteiger partial charge in [0.1, 0.15) is 0 Å². The minimum Gasteiger partial charge on any atom is -0.387 e. The third-order valence-corrected chi connectivity index (χ3v) is 3.99. The van der Waals surface area contributed by atoms with E-state index in [1.165, 1.54) is 12.8 Å². The topological polar surface area (TPSA) is 32.3 Å². The van der Waals surface area contributed by atoms with Crippen LogP contribution >= 0.6 is 0 Å². The molecule has 1 atom stereocenters. The van der Waals surface area contributed by atoms with E-state index in [-0.39, 0.29) is 5.91 Å². The van der Waals surface area contributed by atoms with Crippen LogP contribution in [0.1, 0.15) is 48.5 Å². The molecule has 0 aromatic heterocycles. The molecule has 0 radical (unpaired) electrons. The third-order valence-electron chi connectivity index (χ3n) is 3.99. The molecule has 1 aromatic carbocycles. The number of likely N-dealkylation sites (tertiary alicyclic amines) is 1. The minimum atomic E-state index is 0.169. The van der Waals surface area contributed by atoms with Crippen LogP contribution in [0.3, 0.4) is 0 Å². The second-order valence-corrected chi connectivity index (χ2v) is 5.50. The Morgan fingerprint density at radius 2 is 2.11 bits per heavy atom. The second kappa shape index (κ2) is 6.09. The Kier molecular flexibility index (Phi) is 4.46. The maximum atomic E-state index is 12.8. The van der Waals surface area contributed by atoms with Gasteiger partial charge in [0, 0.05) is 25.3 Å². The summed E-state index contributed by atoms with van der Waals surface area (Å²) in [6.07, 6.45) is 4.71. The lowest BCUT2D eigenvalue weighted by Gasteiger charge is -2.28. The molecule has 1 heterocycles. The standard InChI is InChI=1S/C16H24N2O/c1-12-8-9-15(17-3)14(11-12)16(19)18-10-6-4-5-7-13(18)2/h8-9,11,13,17H,4-7,10H2,1-3H3. The van der Waals surface area contributed by atoms with Crippen molar-refractivity contribution >= 4 is 11.6 Å². The van der Waals surface area contributed by atoms with Gasteiger partial charge in [-0.1, -0.05) is 24.5 Å². The van der Waals surface area contributed by atoms with Crippen molar-refractivity contribution in [3.05, 3.63) is 29.3 Å². The summed E-state index contributed by atoms with van der Waals surface area (Å²) >= 11 is 0. The van der Waals surface area contributed by atoms with Crippen LogP contribution in [0, 0.1) is 6.92 Å². The van der Waals surface area contributed by atoms with E-state index >= 15 is 0 Å². The number of benzene rings is 1. The van der Waals surface area contributed by atoms with Gasteiger partial charge in [0.25, 0.3) is 5.91 Å². The van der Waals surface area contributed by atoms with Gasteiger partial charge in [-0.05, 0) is 38.8 Å². The summed E-state index contributed by atoms with van der Waals surface area (Å²) in [6, 6.07) is 6.37. The summed E-state index contributed by atoms with van der Waals surface area (Å²) in [5.41, 5.74) is 2.85. The number of hydrogen-bond donors (Lipinski definition) is 1. The van der Waals surface area contributed by atoms with E-state index in [9.17, 15) is 4.79 Å². The Hall–Kier alpha value is -1.51. The predicted molar refractivity (Wildman–Crippen MR) is 79.7 cm³/mol.